The average Bonchev–Trinajstić information content (AvgIpc) is 3.09. The Morgan fingerprint density at radius 3 is 2.52 bits per heavy atom. The minimum absolute atomic E-state index is 0.0171. The van der Waals surface area contributed by atoms with Gasteiger partial charge in [-0.2, -0.15) is 0 Å². The first-order valence-corrected chi connectivity index (χ1v) is 9.69. The van der Waals surface area contributed by atoms with Crippen LogP contribution in [0.3, 0.4) is 0 Å². The minimum atomic E-state index is -0.851. The molecule has 12 heteroatoms. The second-order valence-corrected chi connectivity index (χ2v) is 6.86. The Bertz CT molecular complexity index is 802. The number of rotatable bonds is 9. The molecule has 31 heavy (non-hydrogen) atoms. The summed E-state index contributed by atoms with van der Waals surface area (Å²) in [6.45, 7) is 4.00. The van der Waals surface area contributed by atoms with Crippen molar-refractivity contribution in [3.05, 3.63) is 23.8 Å². The maximum atomic E-state index is 14.7. The molecule has 1 aromatic rings. The summed E-state index contributed by atoms with van der Waals surface area (Å²) in [5.74, 6) is -1.98. The van der Waals surface area contributed by atoms with Crippen LogP contribution in [0.5, 0.6) is 0 Å². The molecule has 0 aliphatic carbocycles. The summed E-state index contributed by atoms with van der Waals surface area (Å²) in [6, 6.07) is 2.11. The number of ether oxygens (including phenoxy) is 2. The minimum Gasteiger partial charge on any atom is -0.452 e. The monoisotopic (exact) mass is 443 g/mol. The quantitative estimate of drug-likeness (QED) is 0.557. The molecule has 2 rings (SSSR count). The SMILES string of the molecule is CCN(NCCN(C)c1c(F)cc(N2C[C@H](CNC(C)=O)OC2=O)cc1F)C(=O)OC. The number of carbonyl (C=O) groups is 3. The summed E-state index contributed by atoms with van der Waals surface area (Å²) in [5, 5.41) is 3.77. The highest BCUT2D eigenvalue weighted by Crippen LogP contribution is 2.30. The summed E-state index contributed by atoms with van der Waals surface area (Å²) in [7, 11) is 2.76. The molecule has 1 saturated heterocycles. The van der Waals surface area contributed by atoms with Crippen LogP contribution in [-0.4, -0.2) is 76.1 Å². The number of benzene rings is 1. The predicted octanol–water partition coefficient (Wildman–Crippen LogP) is 1.46. The molecule has 0 bridgehead atoms. The zero-order valence-electron chi connectivity index (χ0n) is 17.9. The zero-order chi connectivity index (χ0) is 23.1. The Kier molecular flexibility index (Phi) is 8.37. The molecule has 0 aromatic heterocycles. The van der Waals surface area contributed by atoms with Crippen molar-refractivity contribution in [3.8, 4) is 0 Å². The van der Waals surface area contributed by atoms with E-state index in [1.807, 2.05) is 0 Å². The molecule has 0 radical (unpaired) electrons. The van der Waals surface area contributed by atoms with Crippen LogP contribution in [0, 0.1) is 11.6 Å². The van der Waals surface area contributed by atoms with E-state index in [0.717, 1.165) is 17.0 Å². The lowest BCUT2D eigenvalue weighted by molar-refractivity contribution is -0.119. The summed E-state index contributed by atoms with van der Waals surface area (Å²) in [4.78, 5) is 37.1. The number of carbonyl (C=O) groups excluding carboxylic acids is 3. The van der Waals surface area contributed by atoms with Crippen LogP contribution in [0.15, 0.2) is 12.1 Å². The number of hydrogen-bond acceptors (Lipinski definition) is 7. The van der Waals surface area contributed by atoms with E-state index in [1.165, 1.54) is 31.0 Å². The van der Waals surface area contributed by atoms with Gasteiger partial charge in [0, 0.05) is 45.7 Å². The van der Waals surface area contributed by atoms with Crippen molar-refractivity contribution in [1.82, 2.24) is 15.8 Å². The van der Waals surface area contributed by atoms with Gasteiger partial charge in [0.15, 0.2) is 11.6 Å². The van der Waals surface area contributed by atoms with Gasteiger partial charge in [0.1, 0.15) is 11.8 Å². The standard InChI is InChI=1S/C19H27F2N5O5/c1-5-26(19(29)30-4)23-6-7-24(3)17-15(20)8-13(9-16(17)21)25-11-14(31-18(25)28)10-22-12(2)27/h8-9,14,23H,5-7,10-11H2,1-4H3,(H,22,27)/t14-/m0/s1. The van der Waals surface area contributed by atoms with E-state index in [9.17, 15) is 23.2 Å². The second kappa shape index (κ2) is 10.8. The van der Waals surface area contributed by atoms with Gasteiger partial charge in [0.05, 0.1) is 25.9 Å². The van der Waals surface area contributed by atoms with Gasteiger partial charge in [-0.25, -0.2) is 28.8 Å². The van der Waals surface area contributed by atoms with E-state index in [2.05, 4.69) is 15.5 Å². The number of likely N-dealkylation sites (N-methyl/N-ethyl adjacent to an activating group) is 1. The lowest BCUT2D eigenvalue weighted by atomic mass is 10.2. The Morgan fingerprint density at radius 1 is 1.32 bits per heavy atom. The van der Waals surface area contributed by atoms with Crippen LogP contribution >= 0.6 is 0 Å². The zero-order valence-corrected chi connectivity index (χ0v) is 17.9. The maximum absolute atomic E-state index is 14.7. The van der Waals surface area contributed by atoms with Crippen molar-refractivity contribution >= 4 is 29.5 Å². The normalized spacial score (nSPS) is 15.5. The highest BCUT2D eigenvalue weighted by atomic mass is 19.1. The Balaban J connectivity index is 2.04. The number of cyclic esters (lactones) is 1. The fraction of sp³-hybridized carbons (Fsp3) is 0.526. The number of halogens is 2. The van der Waals surface area contributed by atoms with Gasteiger partial charge in [0.25, 0.3) is 0 Å². The molecule has 1 fully saturated rings. The second-order valence-electron chi connectivity index (χ2n) is 6.86. The smallest absolute Gasteiger partial charge is 0.423 e. The summed E-state index contributed by atoms with van der Waals surface area (Å²) in [6.07, 6.45) is -1.93. The fourth-order valence-corrected chi connectivity index (χ4v) is 3.05. The van der Waals surface area contributed by atoms with Gasteiger partial charge in [-0.05, 0) is 6.92 Å². The van der Waals surface area contributed by atoms with Crippen LogP contribution in [0.25, 0.3) is 0 Å². The van der Waals surface area contributed by atoms with Crippen molar-refractivity contribution in [1.29, 1.82) is 0 Å². The Labute approximate surface area is 179 Å². The van der Waals surface area contributed by atoms with Gasteiger partial charge in [0.2, 0.25) is 5.91 Å². The van der Waals surface area contributed by atoms with Crippen LogP contribution in [0.1, 0.15) is 13.8 Å². The molecule has 2 N–H and O–H groups in total. The number of amides is 3. The molecular weight excluding hydrogens is 416 g/mol. The molecular formula is C19H27F2N5O5. The largest absolute Gasteiger partial charge is 0.452 e. The molecule has 1 aliphatic heterocycles. The highest BCUT2D eigenvalue weighted by molar-refractivity contribution is 5.90. The number of hydrazine groups is 1. The summed E-state index contributed by atoms with van der Waals surface area (Å²) < 4.78 is 39.1. The molecule has 1 heterocycles. The number of nitrogens with one attached hydrogen (secondary N) is 2. The van der Waals surface area contributed by atoms with Crippen molar-refractivity contribution in [2.24, 2.45) is 0 Å². The lowest BCUT2D eigenvalue weighted by Crippen LogP contribution is -2.45. The summed E-state index contributed by atoms with van der Waals surface area (Å²) in [5.41, 5.74) is 2.57. The first-order chi connectivity index (χ1) is 14.7. The predicted molar refractivity (Wildman–Crippen MR) is 109 cm³/mol. The highest BCUT2D eigenvalue weighted by Gasteiger charge is 2.33. The van der Waals surface area contributed by atoms with E-state index in [-0.39, 0.29) is 43.5 Å². The fourth-order valence-electron chi connectivity index (χ4n) is 3.05. The van der Waals surface area contributed by atoms with Gasteiger partial charge in [-0.3, -0.25) is 9.69 Å². The molecule has 3 amide bonds. The first-order valence-electron chi connectivity index (χ1n) is 9.69. The van der Waals surface area contributed by atoms with Crippen LogP contribution in [-0.2, 0) is 14.3 Å². The topological polar surface area (TPSA) is 103 Å². The molecule has 1 atom stereocenters. The average molecular weight is 443 g/mol. The van der Waals surface area contributed by atoms with Crippen LogP contribution in [0.2, 0.25) is 0 Å². The van der Waals surface area contributed by atoms with E-state index in [0.29, 0.717) is 6.54 Å². The molecule has 0 spiro atoms. The van der Waals surface area contributed by atoms with Gasteiger partial charge in [-0.1, -0.05) is 0 Å². The van der Waals surface area contributed by atoms with E-state index in [4.69, 9.17) is 4.74 Å². The third-order valence-corrected chi connectivity index (χ3v) is 4.61. The van der Waals surface area contributed by atoms with Crippen molar-refractivity contribution in [2.75, 3.05) is 56.7 Å². The van der Waals surface area contributed by atoms with Gasteiger partial charge < -0.3 is 19.7 Å². The lowest BCUT2D eigenvalue weighted by Gasteiger charge is -2.25. The Morgan fingerprint density at radius 2 is 1.97 bits per heavy atom. The third-order valence-electron chi connectivity index (χ3n) is 4.61. The van der Waals surface area contributed by atoms with Gasteiger partial charge in [-0.15, -0.1) is 0 Å². The Hall–Kier alpha value is -3.15. The maximum Gasteiger partial charge on any atom is 0.423 e. The van der Waals surface area contributed by atoms with Crippen LogP contribution < -0.4 is 20.5 Å². The molecule has 0 saturated carbocycles. The number of methoxy groups -OCH3 is 1. The van der Waals surface area contributed by atoms with E-state index >= 15 is 0 Å². The van der Waals surface area contributed by atoms with Gasteiger partial charge >= 0.3 is 12.2 Å². The summed E-state index contributed by atoms with van der Waals surface area (Å²) >= 11 is 0. The molecule has 1 aliphatic rings. The first kappa shape index (κ1) is 24.1. The third kappa shape index (κ3) is 6.17. The van der Waals surface area contributed by atoms with E-state index in [1.54, 1.807) is 6.92 Å². The molecule has 0 unspecified atom stereocenters. The number of hydrogen-bond donors (Lipinski definition) is 2. The van der Waals surface area contributed by atoms with Crippen molar-refractivity contribution in [3.63, 3.8) is 0 Å². The van der Waals surface area contributed by atoms with Crippen molar-refractivity contribution < 1.29 is 32.6 Å². The number of anilines is 2. The van der Waals surface area contributed by atoms with Crippen LogP contribution in [0.4, 0.5) is 29.7 Å². The van der Waals surface area contributed by atoms with E-state index < -0.39 is 29.9 Å². The molecule has 10 nitrogen and oxygen atoms in total. The molecule has 172 valence electrons. The number of nitrogens with zero attached hydrogens (tertiary/aromatic N) is 3. The molecule has 1 aromatic carbocycles. The van der Waals surface area contributed by atoms with Crippen molar-refractivity contribution in [2.45, 2.75) is 20.0 Å².